The summed E-state index contributed by atoms with van der Waals surface area (Å²) in [5.41, 5.74) is 4.32. The normalized spacial score (nSPS) is 10.7. The van der Waals surface area contributed by atoms with Gasteiger partial charge in [-0.25, -0.2) is 4.98 Å². The number of carbonyl (C=O) groups excluding carboxylic acids is 1. The standard InChI is InChI=1S/C19H18N2OS/c1-14-8-9-17(12-15(14)2)21-11-10-20-19(21)23-13-18(22)16-6-4-3-5-7-16/h3-12H,13H2,1-2H3. The van der Waals surface area contributed by atoms with Gasteiger partial charge in [0.2, 0.25) is 0 Å². The molecule has 3 aromatic rings. The van der Waals surface area contributed by atoms with Crippen LogP contribution >= 0.6 is 11.8 Å². The van der Waals surface area contributed by atoms with Crippen LogP contribution in [0, 0.1) is 13.8 Å². The molecule has 0 aliphatic heterocycles. The second kappa shape index (κ2) is 6.84. The Hall–Kier alpha value is -2.33. The van der Waals surface area contributed by atoms with Gasteiger partial charge in [-0.15, -0.1) is 0 Å². The van der Waals surface area contributed by atoms with Crippen LogP contribution in [0.5, 0.6) is 0 Å². The summed E-state index contributed by atoms with van der Waals surface area (Å²) >= 11 is 1.46. The number of imidazole rings is 1. The third kappa shape index (κ3) is 3.54. The van der Waals surface area contributed by atoms with E-state index in [0.717, 1.165) is 16.4 Å². The summed E-state index contributed by atoms with van der Waals surface area (Å²) in [7, 11) is 0. The summed E-state index contributed by atoms with van der Waals surface area (Å²) in [5, 5.41) is 0.831. The van der Waals surface area contributed by atoms with Crippen molar-refractivity contribution in [3.8, 4) is 5.69 Å². The number of carbonyl (C=O) groups is 1. The summed E-state index contributed by atoms with van der Waals surface area (Å²) in [5.74, 6) is 0.497. The number of hydrogen-bond acceptors (Lipinski definition) is 3. The summed E-state index contributed by atoms with van der Waals surface area (Å²) in [6.07, 6.45) is 3.70. The number of ketones is 1. The highest BCUT2D eigenvalue weighted by Crippen LogP contribution is 2.23. The fourth-order valence-corrected chi connectivity index (χ4v) is 3.17. The van der Waals surface area contributed by atoms with E-state index in [1.165, 1.54) is 22.9 Å². The van der Waals surface area contributed by atoms with Gasteiger partial charge in [0.15, 0.2) is 10.9 Å². The first-order valence-corrected chi connectivity index (χ1v) is 8.46. The zero-order chi connectivity index (χ0) is 16.2. The highest BCUT2D eigenvalue weighted by molar-refractivity contribution is 7.99. The minimum Gasteiger partial charge on any atom is -0.295 e. The van der Waals surface area contributed by atoms with Crippen LogP contribution in [0.1, 0.15) is 21.5 Å². The monoisotopic (exact) mass is 322 g/mol. The molecule has 3 rings (SSSR count). The van der Waals surface area contributed by atoms with Crippen molar-refractivity contribution < 1.29 is 4.79 Å². The molecule has 23 heavy (non-hydrogen) atoms. The van der Waals surface area contributed by atoms with Gasteiger partial charge in [-0.05, 0) is 37.1 Å². The molecule has 0 spiro atoms. The van der Waals surface area contributed by atoms with E-state index in [4.69, 9.17) is 0 Å². The third-order valence-electron chi connectivity index (χ3n) is 3.80. The van der Waals surface area contributed by atoms with Gasteiger partial charge in [0.1, 0.15) is 0 Å². The zero-order valence-corrected chi connectivity index (χ0v) is 14.0. The van der Waals surface area contributed by atoms with E-state index in [0.29, 0.717) is 5.75 Å². The van der Waals surface area contributed by atoms with Crippen molar-refractivity contribution >= 4 is 17.5 Å². The van der Waals surface area contributed by atoms with Crippen molar-refractivity contribution in [1.29, 1.82) is 0 Å². The largest absolute Gasteiger partial charge is 0.295 e. The smallest absolute Gasteiger partial charge is 0.173 e. The van der Waals surface area contributed by atoms with Gasteiger partial charge in [0, 0.05) is 23.6 Å². The predicted molar refractivity (Wildman–Crippen MR) is 94.5 cm³/mol. The first kappa shape index (κ1) is 15.6. The number of aromatic nitrogens is 2. The van der Waals surface area contributed by atoms with E-state index in [9.17, 15) is 4.79 Å². The molecule has 0 radical (unpaired) electrons. The van der Waals surface area contributed by atoms with Crippen LogP contribution < -0.4 is 0 Å². The van der Waals surface area contributed by atoms with Crippen molar-refractivity contribution in [1.82, 2.24) is 9.55 Å². The van der Waals surface area contributed by atoms with Crippen LogP contribution in [-0.2, 0) is 0 Å². The molecule has 0 saturated carbocycles. The van der Waals surface area contributed by atoms with Crippen LogP contribution in [0.15, 0.2) is 66.1 Å². The molecule has 0 amide bonds. The van der Waals surface area contributed by atoms with Crippen molar-refractivity contribution in [2.24, 2.45) is 0 Å². The minimum absolute atomic E-state index is 0.116. The molecular weight excluding hydrogens is 304 g/mol. The highest BCUT2D eigenvalue weighted by Gasteiger charge is 2.11. The molecule has 0 unspecified atom stereocenters. The number of thioether (sulfide) groups is 1. The van der Waals surface area contributed by atoms with Crippen LogP contribution in [0.2, 0.25) is 0 Å². The Bertz CT molecular complexity index is 824. The van der Waals surface area contributed by atoms with Crippen LogP contribution in [0.4, 0.5) is 0 Å². The van der Waals surface area contributed by atoms with E-state index in [-0.39, 0.29) is 5.78 Å². The van der Waals surface area contributed by atoms with Gasteiger partial charge in [0.05, 0.1) is 5.75 Å². The molecule has 0 fully saturated rings. The van der Waals surface area contributed by atoms with Gasteiger partial charge < -0.3 is 0 Å². The lowest BCUT2D eigenvalue weighted by Crippen LogP contribution is -2.04. The number of rotatable bonds is 5. The maximum Gasteiger partial charge on any atom is 0.173 e. The maximum atomic E-state index is 12.2. The van der Waals surface area contributed by atoms with Gasteiger partial charge >= 0.3 is 0 Å². The zero-order valence-electron chi connectivity index (χ0n) is 13.2. The lowest BCUT2D eigenvalue weighted by atomic mass is 10.1. The number of benzene rings is 2. The first-order valence-electron chi connectivity index (χ1n) is 7.47. The lowest BCUT2D eigenvalue weighted by molar-refractivity contribution is 0.102. The third-order valence-corrected chi connectivity index (χ3v) is 4.77. The van der Waals surface area contributed by atoms with E-state index in [2.05, 4.69) is 37.0 Å². The van der Waals surface area contributed by atoms with E-state index in [1.807, 2.05) is 41.1 Å². The highest BCUT2D eigenvalue weighted by atomic mass is 32.2. The van der Waals surface area contributed by atoms with Crippen molar-refractivity contribution in [2.45, 2.75) is 19.0 Å². The Balaban J connectivity index is 1.76. The summed E-state index contributed by atoms with van der Waals surface area (Å²) in [6, 6.07) is 15.7. The Morgan fingerprint density at radius 2 is 1.87 bits per heavy atom. The van der Waals surface area contributed by atoms with Gasteiger partial charge in [-0.1, -0.05) is 48.2 Å². The topological polar surface area (TPSA) is 34.9 Å². The molecule has 4 heteroatoms. The molecule has 0 N–H and O–H groups in total. The molecule has 116 valence electrons. The molecule has 0 aliphatic rings. The lowest BCUT2D eigenvalue weighted by Gasteiger charge is -2.09. The predicted octanol–water partition coefficient (Wildman–Crippen LogP) is 4.46. The molecule has 1 aromatic heterocycles. The average molecular weight is 322 g/mol. The number of nitrogens with zero attached hydrogens (tertiary/aromatic N) is 2. The molecule has 0 saturated heterocycles. The maximum absolute atomic E-state index is 12.2. The minimum atomic E-state index is 0.116. The average Bonchev–Trinajstić information content (AvgIpc) is 3.04. The SMILES string of the molecule is Cc1ccc(-n2ccnc2SCC(=O)c2ccccc2)cc1C. The van der Waals surface area contributed by atoms with Gasteiger partial charge in [-0.3, -0.25) is 9.36 Å². The fourth-order valence-electron chi connectivity index (χ4n) is 2.31. The molecule has 0 bridgehead atoms. The summed E-state index contributed by atoms with van der Waals surface area (Å²) < 4.78 is 2.02. The Morgan fingerprint density at radius 3 is 2.61 bits per heavy atom. The van der Waals surface area contributed by atoms with E-state index < -0.39 is 0 Å². The van der Waals surface area contributed by atoms with Crippen LogP contribution in [0.3, 0.4) is 0 Å². The molecule has 2 aromatic carbocycles. The molecule has 0 aliphatic carbocycles. The molecule has 1 heterocycles. The summed E-state index contributed by atoms with van der Waals surface area (Å²) in [6.45, 7) is 4.20. The number of hydrogen-bond donors (Lipinski definition) is 0. The van der Waals surface area contributed by atoms with Crippen molar-refractivity contribution in [3.05, 3.63) is 77.6 Å². The Kier molecular flexibility index (Phi) is 4.63. The first-order chi connectivity index (χ1) is 11.1. The fraction of sp³-hybridized carbons (Fsp3) is 0.158. The number of Topliss-reactive ketones (excluding diaryl/α,β-unsaturated/α-hetero) is 1. The second-order valence-corrected chi connectivity index (χ2v) is 6.37. The van der Waals surface area contributed by atoms with E-state index in [1.54, 1.807) is 6.20 Å². The molecule has 0 atom stereocenters. The quantitative estimate of drug-likeness (QED) is 0.514. The van der Waals surface area contributed by atoms with Crippen LogP contribution in [-0.4, -0.2) is 21.1 Å². The second-order valence-electron chi connectivity index (χ2n) is 5.43. The van der Waals surface area contributed by atoms with Gasteiger partial charge in [-0.2, -0.15) is 0 Å². The van der Waals surface area contributed by atoms with Crippen molar-refractivity contribution in [3.63, 3.8) is 0 Å². The Labute approximate surface area is 140 Å². The van der Waals surface area contributed by atoms with Crippen LogP contribution in [0.25, 0.3) is 5.69 Å². The number of aryl methyl sites for hydroxylation is 2. The van der Waals surface area contributed by atoms with E-state index >= 15 is 0 Å². The molecular formula is C19H18N2OS. The Morgan fingerprint density at radius 1 is 1.09 bits per heavy atom. The summed E-state index contributed by atoms with van der Waals surface area (Å²) in [4.78, 5) is 16.6. The molecule has 3 nitrogen and oxygen atoms in total. The van der Waals surface area contributed by atoms with Gasteiger partial charge in [0.25, 0.3) is 0 Å². The van der Waals surface area contributed by atoms with Crippen molar-refractivity contribution in [2.75, 3.05) is 5.75 Å².